The Bertz CT molecular complexity index is 910. The van der Waals surface area contributed by atoms with Crippen LogP contribution in [0.5, 0.6) is 11.5 Å². The van der Waals surface area contributed by atoms with Gasteiger partial charge in [-0.2, -0.15) is 0 Å². The zero-order valence-electron chi connectivity index (χ0n) is 15.0. The second-order valence-electron chi connectivity index (χ2n) is 6.04. The summed E-state index contributed by atoms with van der Waals surface area (Å²) in [5, 5.41) is 14.3. The highest BCUT2D eigenvalue weighted by Gasteiger charge is 2.16. The van der Waals surface area contributed by atoms with Crippen molar-refractivity contribution in [2.24, 2.45) is 7.05 Å². The van der Waals surface area contributed by atoms with E-state index in [4.69, 9.17) is 9.47 Å². The van der Waals surface area contributed by atoms with Crippen LogP contribution < -0.4 is 14.8 Å². The predicted molar refractivity (Wildman–Crippen MR) is 99.8 cm³/mol. The first kappa shape index (κ1) is 17.8. The van der Waals surface area contributed by atoms with Gasteiger partial charge in [-0.1, -0.05) is 18.2 Å². The number of aromatic nitrogens is 1. The van der Waals surface area contributed by atoms with Gasteiger partial charge >= 0.3 is 0 Å². The van der Waals surface area contributed by atoms with Crippen LogP contribution in [0.3, 0.4) is 0 Å². The molecule has 2 aromatic carbocycles. The molecular weight excluding hydrogens is 332 g/mol. The molecule has 0 saturated heterocycles. The fourth-order valence-corrected chi connectivity index (χ4v) is 2.98. The van der Waals surface area contributed by atoms with E-state index >= 15 is 0 Å². The van der Waals surface area contributed by atoms with Crippen molar-refractivity contribution in [3.8, 4) is 11.5 Å². The molecule has 3 aromatic rings. The lowest BCUT2D eigenvalue weighted by Gasteiger charge is -2.13. The number of aliphatic hydroxyl groups excluding tert-OH is 1. The summed E-state index contributed by atoms with van der Waals surface area (Å²) in [7, 11) is 4.99. The number of carbonyl (C=O) groups is 1. The van der Waals surface area contributed by atoms with Crippen LogP contribution in [0, 0.1) is 0 Å². The van der Waals surface area contributed by atoms with Crippen molar-refractivity contribution in [1.29, 1.82) is 0 Å². The molecule has 0 aliphatic heterocycles. The Balaban J connectivity index is 1.75. The lowest BCUT2D eigenvalue weighted by atomic mass is 10.1. The first-order valence-corrected chi connectivity index (χ1v) is 8.26. The molecule has 0 bridgehead atoms. The van der Waals surface area contributed by atoms with Crippen LogP contribution in [0.2, 0.25) is 0 Å². The van der Waals surface area contributed by atoms with Crippen LogP contribution >= 0.6 is 0 Å². The van der Waals surface area contributed by atoms with Gasteiger partial charge in [-0.15, -0.1) is 0 Å². The molecule has 0 aliphatic rings. The number of nitrogens with one attached hydrogen (secondary N) is 1. The van der Waals surface area contributed by atoms with Gasteiger partial charge in [0, 0.05) is 47.9 Å². The van der Waals surface area contributed by atoms with Crippen LogP contribution in [0.4, 0.5) is 0 Å². The number of rotatable bonds is 6. The number of aryl methyl sites for hydroxylation is 1. The Morgan fingerprint density at radius 3 is 2.46 bits per heavy atom. The fourth-order valence-electron chi connectivity index (χ4n) is 2.98. The summed E-state index contributed by atoms with van der Waals surface area (Å²) in [6.07, 6.45) is 1.08. The van der Waals surface area contributed by atoms with E-state index in [1.165, 1.54) is 14.2 Å². The molecule has 0 radical (unpaired) electrons. The molecule has 3 rings (SSSR count). The molecule has 1 amide bonds. The Hall–Kier alpha value is -2.99. The van der Waals surface area contributed by atoms with E-state index < -0.39 is 6.10 Å². The normalized spacial score (nSPS) is 12.0. The molecular formula is C20H22N2O4. The molecule has 26 heavy (non-hydrogen) atoms. The first-order chi connectivity index (χ1) is 12.5. The number of nitrogens with zero attached hydrogens (tertiary/aromatic N) is 1. The van der Waals surface area contributed by atoms with E-state index in [0.29, 0.717) is 17.1 Å². The summed E-state index contributed by atoms with van der Waals surface area (Å²) in [6, 6.07) is 12.8. The maximum absolute atomic E-state index is 12.4. The maximum Gasteiger partial charge on any atom is 0.251 e. The van der Waals surface area contributed by atoms with Crippen LogP contribution in [-0.4, -0.2) is 36.3 Å². The molecule has 0 fully saturated rings. The first-order valence-electron chi connectivity index (χ1n) is 8.26. The lowest BCUT2D eigenvalue weighted by molar-refractivity contribution is 0.0916. The maximum atomic E-state index is 12.4. The minimum atomic E-state index is -0.808. The zero-order chi connectivity index (χ0) is 18.7. The largest absolute Gasteiger partial charge is 0.497 e. The Morgan fingerprint density at radius 2 is 1.81 bits per heavy atom. The number of hydrogen-bond acceptors (Lipinski definition) is 4. The van der Waals surface area contributed by atoms with Crippen molar-refractivity contribution in [3.05, 3.63) is 59.8 Å². The molecule has 6 nitrogen and oxygen atoms in total. The molecule has 2 N–H and O–H groups in total. The van der Waals surface area contributed by atoms with Crippen LogP contribution in [0.25, 0.3) is 10.9 Å². The molecule has 0 spiro atoms. The van der Waals surface area contributed by atoms with Crippen molar-refractivity contribution in [3.63, 3.8) is 0 Å². The van der Waals surface area contributed by atoms with E-state index in [1.807, 2.05) is 42.1 Å². The highest BCUT2D eigenvalue weighted by molar-refractivity contribution is 5.95. The average molecular weight is 354 g/mol. The number of hydrogen-bond donors (Lipinski definition) is 2. The number of benzene rings is 2. The van der Waals surface area contributed by atoms with Gasteiger partial charge in [-0.25, -0.2) is 0 Å². The van der Waals surface area contributed by atoms with E-state index in [1.54, 1.807) is 18.2 Å². The van der Waals surface area contributed by atoms with Gasteiger partial charge in [0.25, 0.3) is 5.91 Å². The predicted octanol–water partition coefficient (Wildman–Crippen LogP) is 2.66. The fraction of sp³-hybridized carbons (Fsp3) is 0.250. The van der Waals surface area contributed by atoms with Crippen molar-refractivity contribution in [2.45, 2.75) is 6.10 Å². The van der Waals surface area contributed by atoms with Crippen LogP contribution in [0.15, 0.2) is 48.7 Å². The lowest BCUT2D eigenvalue weighted by Crippen LogP contribution is -2.28. The highest BCUT2D eigenvalue weighted by Crippen LogP contribution is 2.26. The number of carbonyl (C=O) groups excluding carboxylic acids is 1. The SMILES string of the molecule is COc1cc(OC)cc(C(=O)NCC(O)c2cn(C)c3ccccc23)c1. The van der Waals surface area contributed by atoms with E-state index in [-0.39, 0.29) is 12.5 Å². The zero-order valence-corrected chi connectivity index (χ0v) is 15.0. The molecule has 136 valence electrons. The molecule has 1 unspecified atom stereocenters. The molecule has 1 heterocycles. The summed E-state index contributed by atoms with van der Waals surface area (Å²) >= 11 is 0. The second kappa shape index (κ2) is 7.49. The molecule has 0 aliphatic carbocycles. The van der Waals surface area contributed by atoms with Crippen molar-refractivity contribution < 1.29 is 19.4 Å². The van der Waals surface area contributed by atoms with Crippen molar-refractivity contribution in [2.75, 3.05) is 20.8 Å². The van der Waals surface area contributed by atoms with E-state index in [9.17, 15) is 9.90 Å². The van der Waals surface area contributed by atoms with E-state index in [2.05, 4.69) is 5.32 Å². The smallest absolute Gasteiger partial charge is 0.251 e. The summed E-state index contributed by atoms with van der Waals surface area (Å²) in [4.78, 5) is 12.4. The number of para-hydroxylation sites is 1. The summed E-state index contributed by atoms with van der Waals surface area (Å²) in [5.41, 5.74) is 2.23. The number of ether oxygens (including phenoxy) is 2. The van der Waals surface area contributed by atoms with Gasteiger partial charge in [0.2, 0.25) is 0 Å². The number of methoxy groups -OCH3 is 2. The van der Waals surface area contributed by atoms with Crippen LogP contribution in [-0.2, 0) is 7.05 Å². The van der Waals surface area contributed by atoms with Gasteiger partial charge in [0.05, 0.1) is 20.3 Å². The number of amides is 1. The topological polar surface area (TPSA) is 72.7 Å². The monoisotopic (exact) mass is 354 g/mol. The van der Waals surface area contributed by atoms with E-state index in [0.717, 1.165) is 16.5 Å². The van der Waals surface area contributed by atoms with Crippen molar-refractivity contribution >= 4 is 16.8 Å². The molecule has 1 atom stereocenters. The Morgan fingerprint density at radius 1 is 1.15 bits per heavy atom. The van der Waals surface area contributed by atoms with Gasteiger partial charge < -0.3 is 24.5 Å². The van der Waals surface area contributed by atoms with Gasteiger partial charge in [0.1, 0.15) is 11.5 Å². The molecule has 1 aromatic heterocycles. The van der Waals surface area contributed by atoms with Gasteiger partial charge in [-0.05, 0) is 18.2 Å². The Kier molecular flexibility index (Phi) is 5.14. The quantitative estimate of drug-likeness (QED) is 0.714. The number of fused-ring (bicyclic) bond motifs is 1. The molecule has 0 saturated carbocycles. The number of aliphatic hydroxyl groups is 1. The second-order valence-corrected chi connectivity index (χ2v) is 6.04. The van der Waals surface area contributed by atoms with Crippen LogP contribution in [0.1, 0.15) is 22.0 Å². The van der Waals surface area contributed by atoms with Gasteiger partial charge in [-0.3, -0.25) is 4.79 Å². The third-order valence-corrected chi connectivity index (χ3v) is 4.36. The minimum absolute atomic E-state index is 0.104. The summed E-state index contributed by atoms with van der Waals surface area (Å²) in [6.45, 7) is 0.104. The molecule has 6 heteroatoms. The average Bonchev–Trinajstić information content (AvgIpc) is 3.02. The third-order valence-electron chi connectivity index (χ3n) is 4.36. The standard InChI is InChI=1S/C20H22N2O4/c1-22-12-17(16-6-4-5-7-18(16)22)19(23)11-21-20(24)13-8-14(25-2)10-15(9-13)26-3/h4-10,12,19,23H,11H2,1-3H3,(H,21,24). The summed E-state index contributed by atoms with van der Waals surface area (Å²) < 4.78 is 12.3. The third kappa shape index (κ3) is 3.50. The Labute approximate surface area is 152 Å². The minimum Gasteiger partial charge on any atom is -0.497 e. The van der Waals surface area contributed by atoms with Gasteiger partial charge in [0.15, 0.2) is 0 Å². The summed E-state index contributed by atoms with van der Waals surface area (Å²) in [5.74, 6) is 0.759. The van der Waals surface area contributed by atoms with Crippen molar-refractivity contribution in [1.82, 2.24) is 9.88 Å². The highest BCUT2D eigenvalue weighted by atomic mass is 16.5.